The third kappa shape index (κ3) is 9.63. The third-order valence-electron chi connectivity index (χ3n) is 0.258. The topological polar surface area (TPSA) is 46.5 Å². The van der Waals surface area contributed by atoms with Gasteiger partial charge in [0.1, 0.15) is 0 Å². The summed E-state index contributed by atoms with van der Waals surface area (Å²) in [6.07, 6.45) is 4.68. The molecule has 0 saturated carbocycles. The zero-order valence-corrected chi connectivity index (χ0v) is 7.27. The average molecular weight is 246 g/mol. The van der Waals surface area contributed by atoms with E-state index in [0.29, 0.717) is 0 Å². The first kappa shape index (κ1) is 11.2. The Bertz CT molecular complexity index is 108. The second kappa shape index (κ2) is 7.39. The smallest absolute Gasteiger partial charge is 0.147 e. The van der Waals surface area contributed by atoms with Crippen molar-refractivity contribution < 1.29 is 9.42 Å². The van der Waals surface area contributed by atoms with Crippen LogP contribution in [-0.4, -0.2) is 31.0 Å². The molecular weight excluding hydrogens is 241 g/mol. The van der Waals surface area contributed by atoms with E-state index in [9.17, 15) is 3.02 Å². The summed E-state index contributed by atoms with van der Waals surface area (Å²) in [5, 5.41) is 0. The van der Waals surface area contributed by atoms with Crippen LogP contribution in [-0.2, 0) is 6.03 Å². The predicted molar refractivity (Wildman–Crippen MR) is 30.7 cm³/mol. The van der Waals surface area contributed by atoms with Crippen molar-refractivity contribution in [1.29, 1.82) is 0 Å². The molecule has 0 aliphatic heterocycles. The van der Waals surface area contributed by atoms with Crippen LogP contribution in [0.5, 0.6) is 0 Å². The molecule has 0 unspecified atom stereocenters. The van der Waals surface area contributed by atoms with Gasteiger partial charge in [0.2, 0.25) is 0 Å². The van der Waals surface area contributed by atoms with Gasteiger partial charge in [0.25, 0.3) is 0 Å². The molecule has 0 aromatic carbocycles. The Hall–Kier alpha value is 0.388. The maximum Gasteiger partial charge on any atom is -0.147 e. The molecule has 0 heterocycles. The Labute approximate surface area is 61.9 Å². The second-order valence-corrected chi connectivity index (χ2v) is 2.81. The van der Waals surface area contributed by atoms with E-state index in [0.717, 1.165) is 0 Å². The van der Waals surface area contributed by atoms with Crippen LogP contribution in [0, 0.1) is 12.3 Å². The number of rotatable bonds is 2. The van der Waals surface area contributed by atoms with Gasteiger partial charge in [-0.05, 0) is 0 Å². The monoisotopic (exact) mass is 245 g/mol. The summed E-state index contributed by atoms with van der Waals surface area (Å²) in [5.74, 6) is 2.06. The van der Waals surface area contributed by atoms with Crippen LogP contribution in [0.2, 0.25) is 0 Å². The quantitative estimate of drug-likeness (QED) is 0.526. The first-order valence-electron chi connectivity index (χ1n) is 1.50. The molecule has 0 fully saturated rings. The van der Waals surface area contributed by atoms with Crippen molar-refractivity contribution in [2.24, 2.45) is 0 Å². The maximum atomic E-state index is 9.71. The minimum absolute atomic E-state index is 0. The van der Waals surface area contributed by atoms with Gasteiger partial charge in [0.05, 0.1) is 0 Å². The van der Waals surface area contributed by atoms with Crippen molar-refractivity contribution in [1.82, 2.24) is 0 Å². The number of hydrogen-bond acceptors (Lipinski definition) is 2. The molecular formula is C3H5ClO3Sb. The van der Waals surface area contributed by atoms with Crippen molar-refractivity contribution in [3.8, 4) is 12.3 Å². The zero-order chi connectivity index (χ0) is 5.70. The molecule has 0 aromatic rings. The molecule has 1 N–H and O–H groups in total. The summed E-state index contributed by atoms with van der Waals surface area (Å²) < 4.78 is 21.8. The molecule has 8 heavy (non-hydrogen) atoms. The molecule has 0 atom stereocenters. The third-order valence-corrected chi connectivity index (χ3v) is 1.26. The van der Waals surface area contributed by atoms with E-state index in [1.54, 1.807) is 0 Å². The van der Waals surface area contributed by atoms with Gasteiger partial charge in [-0.15, -0.1) is 12.4 Å². The van der Waals surface area contributed by atoms with Gasteiger partial charge in [0, 0.05) is 0 Å². The summed E-state index contributed by atoms with van der Waals surface area (Å²) in [7, 11) is 0. The number of halogens is 1. The Morgan fingerprint density at radius 1 is 1.88 bits per heavy atom. The van der Waals surface area contributed by atoms with Crippen molar-refractivity contribution in [2.45, 2.75) is 0 Å². The van der Waals surface area contributed by atoms with Crippen molar-refractivity contribution in [3.05, 3.63) is 0 Å². The van der Waals surface area contributed by atoms with E-state index in [1.807, 2.05) is 0 Å². The van der Waals surface area contributed by atoms with E-state index < -0.39 is 21.0 Å². The summed E-state index contributed by atoms with van der Waals surface area (Å²) >= 11 is -3.43. The van der Waals surface area contributed by atoms with Gasteiger partial charge < -0.3 is 0 Å². The fraction of sp³-hybridized carbons (Fsp3) is 0.333. The average Bonchev–Trinajstić information content (AvgIpc) is 1.61. The molecule has 1 radical (unpaired) electrons. The summed E-state index contributed by atoms with van der Waals surface area (Å²) in [4.78, 5) is 0. The number of hydrogen-bond donors (Lipinski definition) is 1. The molecule has 0 bridgehead atoms. The normalized spacial score (nSPS) is 6.50. The molecule has 0 aliphatic rings. The fourth-order valence-electron chi connectivity index (χ4n) is 0.0925. The molecule has 0 aromatic heterocycles. The zero-order valence-electron chi connectivity index (χ0n) is 3.90. The van der Waals surface area contributed by atoms with Gasteiger partial charge in [-0.3, -0.25) is 0 Å². The first-order valence-corrected chi connectivity index (χ1v) is 4.72. The SMILES string of the molecule is C#CC[O][Sb](=[O])[OH].Cl. The molecule has 0 aliphatic carbocycles. The molecule has 0 rings (SSSR count). The molecule has 0 amide bonds. The van der Waals surface area contributed by atoms with Gasteiger partial charge in [-0.1, -0.05) is 0 Å². The van der Waals surface area contributed by atoms with Crippen molar-refractivity contribution in [3.63, 3.8) is 0 Å². The van der Waals surface area contributed by atoms with E-state index in [1.165, 1.54) is 0 Å². The Morgan fingerprint density at radius 3 is 2.50 bits per heavy atom. The van der Waals surface area contributed by atoms with E-state index in [4.69, 9.17) is 3.39 Å². The molecule has 47 valence electrons. The van der Waals surface area contributed by atoms with E-state index in [-0.39, 0.29) is 19.0 Å². The van der Waals surface area contributed by atoms with Crippen LogP contribution in [0.1, 0.15) is 0 Å². The number of terminal acetylenes is 1. The van der Waals surface area contributed by atoms with Crippen LogP contribution >= 0.6 is 12.4 Å². The van der Waals surface area contributed by atoms with E-state index in [2.05, 4.69) is 15.4 Å². The molecule has 0 spiro atoms. The predicted octanol–water partition coefficient (Wildman–Crippen LogP) is -0.534. The first-order chi connectivity index (χ1) is 3.27. The van der Waals surface area contributed by atoms with Gasteiger partial charge in [-0.25, -0.2) is 0 Å². The minimum atomic E-state index is -3.43. The Kier molecular flexibility index (Phi) is 10.4. The van der Waals surface area contributed by atoms with Crippen molar-refractivity contribution in [2.75, 3.05) is 6.61 Å². The molecule has 5 heteroatoms. The Morgan fingerprint density at radius 2 is 2.38 bits per heavy atom. The Balaban J connectivity index is 0. The summed E-state index contributed by atoms with van der Waals surface area (Å²) in [6.45, 7) is -0.0528. The molecule has 3 nitrogen and oxygen atoms in total. The second-order valence-electron chi connectivity index (χ2n) is 0.715. The van der Waals surface area contributed by atoms with Crippen LogP contribution < -0.4 is 0 Å². The molecule has 0 saturated heterocycles. The van der Waals surface area contributed by atoms with E-state index >= 15 is 0 Å². The van der Waals surface area contributed by atoms with Crippen molar-refractivity contribution >= 4 is 33.4 Å². The minimum Gasteiger partial charge on any atom is -0.147 e. The van der Waals surface area contributed by atoms with Crippen LogP contribution in [0.3, 0.4) is 0 Å². The summed E-state index contributed by atoms with van der Waals surface area (Å²) in [6, 6.07) is 0. The van der Waals surface area contributed by atoms with Crippen LogP contribution in [0.15, 0.2) is 0 Å². The fourth-order valence-corrected chi connectivity index (χ4v) is 0.620. The van der Waals surface area contributed by atoms with Gasteiger partial charge in [0.15, 0.2) is 0 Å². The maximum absolute atomic E-state index is 9.71. The van der Waals surface area contributed by atoms with Crippen LogP contribution in [0.4, 0.5) is 0 Å². The largest absolute Gasteiger partial charge is 0.147 e. The standard InChI is InChI=1S/C3H3O.ClH.H2O.O.Sb/c1-2-3-4;;;;/h1H,3H2;1H;1H2;;/q-1;;;;+2/p-1. The van der Waals surface area contributed by atoms with Gasteiger partial charge >= 0.3 is 49.4 Å². The summed E-state index contributed by atoms with van der Waals surface area (Å²) in [5.41, 5.74) is 0. The van der Waals surface area contributed by atoms with Crippen LogP contribution in [0.25, 0.3) is 0 Å². The van der Waals surface area contributed by atoms with Gasteiger partial charge in [-0.2, -0.15) is 0 Å².